The fraction of sp³-hybridized carbons (Fsp3) is 0.909. The van der Waals surface area contributed by atoms with Crippen molar-refractivity contribution in [2.75, 3.05) is 13.1 Å². The molecule has 0 spiro atoms. The first-order valence-corrected chi connectivity index (χ1v) is 5.85. The van der Waals surface area contributed by atoms with Crippen LogP contribution in [0.5, 0.6) is 0 Å². The summed E-state index contributed by atoms with van der Waals surface area (Å²) >= 11 is 0. The lowest BCUT2D eigenvalue weighted by atomic mass is 9.96. The molecule has 0 aliphatic heterocycles. The largest absolute Gasteiger partial charge is 0.401 e. The van der Waals surface area contributed by atoms with E-state index in [0.717, 1.165) is 0 Å². The van der Waals surface area contributed by atoms with Gasteiger partial charge in [0.15, 0.2) is 0 Å². The summed E-state index contributed by atoms with van der Waals surface area (Å²) in [6.07, 6.45) is -3.56. The minimum Gasteiger partial charge on any atom is -0.368 e. The summed E-state index contributed by atoms with van der Waals surface area (Å²) in [5.41, 5.74) is 9.56. The highest BCUT2D eigenvalue weighted by molar-refractivity contribution is 5.83. The highest BCUT2D eigenvalue weighted by atomic mass is 19.4. The van der Waals surface area contributed by atoms with E-state index in [1.165, 1.54) is 11.8 Å². The fourth-order valence-corrected chi connectivity index (χ4v) is 1.52. The Morgan fingerprint density at radius 2 is 1.83 bits per heavy atom. The molecule has 0 fully saturated rings. The van der Waals surface area contributed by atoms with Crippen molar-refractivity contribution in [1.29, 1.82) is 0 Å². The predicted octanol–water partition coefficient (Wildman–Crippen LogP) is 1.24. The van der Waals surface area contributed by atoms with E-state index in [4.69, 9.17) is 11.5 Å². The maximum Gasteiger partial charge on any atom is 0.401 e. The molecule has 18 heavy (non-hydrogen) atoms. The Morgan fingerprint density at radius 1 is 1.33 bits per heavy atom. The van der Waals surface area contributed by atoms with Gasteiger partial charge < -0.3 is 11.5 Å². The number of carbonyl (C=O) groups excluding carboxylic acids is 1. The summed E-state index contributed by atoms with van der Waals surface area (Å²) in [6.45, 7) is 4.15. The molecule has 0 bridgehead atoms. The maximum absolute atomic E-state index is 12.3. The van der Waals surface area contributed by atoms with E-state index in [-0.39, 0.29) is 19.0 Å². The van der Waals surface area contributed by atoms with Gasteiger partial charge in [0.25, 0.3) is 0 Å². The monoisotopic (exact) mass is 269 g/mol. The van der Waals surface area contributed by atoms with Crippen LogP contribution in [-0.2, 0) is 4.79 Å². The van der Waals surface area contributed by atoms with E-state index in [2.05, 4.69) is 0 Å². The second-order valence-electron chi connectivity index (χ2n) is 5.06. The van der Waals surface area contributed by atoms with Gasteiger partial charge in [-0.2, -0.15) is 13.2 Å². The van der Waals surface area contributed by atoms with Gasteiger partial charge in [-0.15, -0.1) is 0 Å². The van der Waals surface area contributed by atoms with Crippen LogP contribution in [0.3, 0.4) is 0 Å². The Kier molecular flexibility index (Phi) is 6.09. The lowest BCUT2D eigenvalue weighted by Crippen LogP contribution is -2.50. The molecule has 0 aliphatic rings. The molecule has 0 aromatic heterocycles. The van der Waals surface area contributed by atoms with E-state index in [1.807, 2.05) is 0 Å². The zero-order chi connectivity index (χ0) is 14.6. The van der Waals surface area contributed by atoms with Crippen LogP contribution in [0.25, 0.3) is 0 Å². The third kappa shape index (κ3) is 6.80. The molecule has 1 unspecified atom stereocenters. The van der Waals surface area contributed by atoms with Gasteiger partial charge in [-0.1, -0.05) is 0 Å². The number of nitrogens with zero attached hydrogens (tertiary/aromatic N) is 1. The molecule has 0 aliphatic carbocycles. The number of carbonyl (C=O) groups is 1. The highest BCUT2D eigenvalue weighted by Crippen LogP contribution is 2.19. The predicted molar refractivity (Wildman–Crippen MR) is 63.8 cm³/mol. The number of rotatable bonds is 7. The van der Waals surface area contributed by atoms with Gasteiger partial charge in [-0.25, -0.2) is 0 Å². The van der Waals surface area contributed by atoms with Crippen molar-refractivity contribution in [3.8, 4) is 0 Å². The average Bonchev–Trinajstić information content (AvgIpc) is 2.13. The van der Waals surface area contributed by atoms with Crippen molar-refractivity contribution >= 4 is 5.91 Å². The Hall–Kier alpha value is -0.820. The van der Waals surface area contributed by atoms with Gasteiger partial charge in [-0.3, -0.25) is 9.69 Å². The third-order valence-corrected chi connectivity index (χ3v) is 2.82. The van der Waals surface area contributed by atoms with Gasteiger partial charge in [0.05, 0.1) is 12.1 Å². The summed E-state index contributed by atoms with van der Waals surface area (Å²) < 4.78 is 36.9. The van der Waals surface area contributed by atoms with Crippen LogP contribution in [-0.4, -0.2) is 41.7 Å². The lowest BCUT2D eigenvalue weighted by molar-refractivity contribution is -0.149. The highest BCUT2D eigenvalue weighted by Gasteiger charge is 2.32. The van der Waals surface area contributed by atoms with Crippen molar-refractivity contribution < 1.29 is 18.0 Å². The van der Waals surface area contributed by atoms with Crippen LogP contribution in [0.2, 0.25) is 0 Å². The Bertz CT molecular complexity index is 277. The van der Waals surface area contributed by atoms with E-state index in [0.29, 0.717) is 6.42 Å². The molecule has 0 aromatic carbocycles. The van der Waals surface area contributed by atoms with Crippen LogP contribution < -0.4 is 11.5 Å². The number of alkyl halides is 3. The molecule has 7 heteroatoms. The summed E-state index contributed by atoms with van der Waals surface area (Å²) in [7, 11) is 0. The standard InChI is InChI=1S/C11H22F3N3O/c1-8(2)17(7-11(12,13)14)6-4-5-10(3,16)9(15)18/h8H,4-7,16H2,1-3H3,(H2,15,18). The topological polar surface area (TPSA) is 72.3 Å². The van der Waals surface area contributed by atoms with Crippen LogP contribution in [0, 0.1) is 0 Å². The minimum absolute atomic E-state index is 0.218. The van der Waals surface area contributed by atoms with Gasteiger partial charge >= 0.3 is 6.18 Å². The molecular weight excluding hydrogens is 247 g/mol. The molecule has 1 atom stereocenters. The normalized spacial score (nSPS) is 16.1. The smallest absolute Gasteiger partial charge is 0.368 e. The Balaban J connectivity index is 4.26. The van der Waals surface area contributed by atoms with E-state index in [1.54, 1.807) is 13.8 Å². The molecule has 0 saturated heterocycles. The molecule has 0 radical (unpaired) electrons. The van der Waals surface area contributed by atoms with Crippen molar-refractivity contribution in [1.82, 2.24) is 4.90 Å². The number of hydrogen-bond donors (Lipinski definition) is 2. The molecule has 4 N–H and O–H groups in total. The third-order valence-electron chi connectivity index (χ3n) is 2.82. The Labute approximate surface area is 105 Å². The molecule has 0 saturated carbocycles. The summed E-state index contributed by atoms with van der Waals surface area (Å²) in [5.74, 6) is -0.644. The van der Waals surface area contributed by atoms with E-state index < -0.39 is 24.2 Å². The quantitative estimate of drug-likeness (QED) is 0.730. The number of nitrogens with two attached hydrogens (primary N) is 2. The van der Waals surface area contributed by atoms with E-state index in [9.17, 15) is 18.0 Å². The number of halogens is 3. The van der Waals surface area contributed by atoms with Crippen LogP contribution in [0.1, 0.15) is 33.6 Å². The lowest BCUT2D eigenvalue weighted by Gasteiger charge is -2.29. The molecule has 0 aromatic rings. The van der Waals surface area contributed by atoms with Crippen molar-refractivity contribution in [2.45, 2.75) is 51.4 Å². The molecule has 4 nitrogen and oxygen atoms in total. The number of amides is 1. The molecule has 0 heterocycles. The minimum atomic E-state index is -4.22. The molecule has 0 rings (SSSR count). The van der Waals surface area contributed by atoms with Gasteiger partial charge in [0, 0.05) is 6.04 Å². The summed E-state index contributed by atoms with van der Waals surface area (Å²) in [6, 6.07) is -0.218. The molecule has 108 valence electrons. The molecule has 1 amide bonds. The van der Waals surface area contributed by atoms with Crippen LogP contribution in [0.15, 0.2) is 0 Å². The van der Waals surface area contributed by atoms with Gasteiger partial charge in [-0.05, 0) is 40.2 Å². The van der Waals surface area contributed by atoms with E-state index >= 15 is 0 Å². The SMILES string of the molecule is CC(C)N(CCCC(C)(N)C(N)=O)CC(F)(F)F. The fourth-order valence-electron chi connectivity index (χ4n) is 1.52. The first-order valence-electron chi connectivity index (χ1n) is 5.85. The van der Waals surface area contributed by atoms with Gasteiger partial charge in [0.2, 0.25) is 5.91 Å². The van der Waals surface area contributed by atoms with Gasteiger partial charge in [0.1, 0.15) is 0 Å². The number of primary amides is 1. The van der Waals surface area contributed by atoms with Crippen molar-refractivity contribution in [2.24, 2.45) is 11.5 Å². The second-order valence-corrected chi connectivity index (χ2v) is 5.06. The average molecular weight is 269 g/mol. The Morgan fingerprint density at radius 3 is 2.17 bits per heavy atom. The van der Waals surface area contributed by atoms with Crippen molar-refractivity contribution in [3.63, 3.8) is 0 Å². The second kappa shape index (κ2) is 6.38. The zero-order valence-electron chi connectivity index (χ0n) is 11.0. The first-order chi connectivity index (χ1) is 7.96. The zero-order valence-corrected chi connectivity index (χ0v) is 11.0. The van der Waals surface area contributed by atoms with Crippen molar-refractivity contribution in [3.05, 3.63) is 0 Å². The molecular formula is C11H22F3N3O. The van der Waals surface area contributed by atoms with Crippen LogP contribution in [0.4, 0.5) is 13.2 Å². The first kappa shape index (κ1) is 17.2. The summed E-state index contributed by atoms with van der Waals surface area (Å²) in [4.78, 5) is 12.3. The maximum atomic E-state index is 12.3. The summed E-state index contributed by atoms with van der Waals surface area (Å²) in [5, 5.41) is 0. The number of hydrogen-bond acceptors (Lipinski definition) is 3. The van der Waals surface area contributed by atoms with Crippen LogP contribution >= 0.6 is 0 Å².